The van der Waals surface area contributed by atoms with Crippen LogP contribution in [0.5, 0.6) is 5.75 Å². The van der Waals surface area contributed by atoms with Crippen LogP contribution in [0.15, 0.2) is 42.5 Å². The first-order valence-corrected chi connectivity index (χ1v) is 9.71. The first-order chi connectivity index (χ1) is 14.4. The largest absolute Gasteiger partial charge is 0.478 e. The summed E-state index contributed by atoms with van der Waals surface area (Å²) in [6.45, 7) is 3.77. The molecule has 3 rings (SSSR count). The maximum atomic E-state index is 12.7. The fraction of sp³-hybridized carbons (Fsp3) is 0.333. The van der Waals surface area contributed by atoms with Gasteiger partial charge in [-0.25, -0.2) is 9.59 Å². The number of benzene rings is 2. The number of alkyl halides is 3. The second-order valence-electron chi connectivity index (χ2n) is 7.58. The Hall–Kier alpha value is -2.94. The average Bonchev–Trinajstić information content (AvgIpc) is 3.03. The Morgan fingerprint density at radius 1 is 1.13 bits per heavy atom. The van der Waals surface area contributed by atoms with E-state index in [0.717, 1.165) is 12.1 Å². The van der Waals surface area contributed by atoms with Gasteiger partial charge in [-0.3, -0.25) is 4.90 Å². The van der Waals surface area contributed by atoms with E-state index in [1.165, 1.54) is 36.9 Å². The van der Waals surface area contributed by atoms with Crippen molar-refractivity contribution in [1.82, 2.24) is 4.90 Å². The Kier molecular flexibility index (Phi) is 6.09. The highest BCUT2D eigenvalue weighted by molar-refractivity contribution is 6.32. The smallest absolute Gasteiger partial charge is 0.416 e. The molecule has 2 aromatic rings. The highest BCUT2D eigenvalue weighted by atomic mass is 35.5. The summed E-state index contributed by atoms with van der Waals surface area (Å²) in [5.74, 6) is -0.935. The number of halogens is 4. The minimum atomic E-state index is -4.44. The third-order valence-electron chi connectivity index (χ3n) is 4.85. The van der Waals surface area contributed by atoms with Crippen LogP contribution in [0.2, 0.25) is 5.02 Å². The number of aliphatic carboxylic acids is 1. The van der Waals surface area contributed by atoms with Gasteiger partial charge < -0.3 is 14.7 Å². The van der Waals surface area contributed by atoms with Crippen molar-refractivity contribution < 1.29 is 32.6 Å². The lowest BCUT2D eigenvalue weighted by atomic mass is 10.1. The van der Waals surface area contributed by atoms with Crippen molar-refractivity contribution >= 4 is 29.3 Å². The molecule has 1 saturated heterocycles. The molecule has 1 aliphatic rings. The molecule has 10 heteroatoms. The number of rotatable bonds is 6. The van der Waals surface area contributed by atoms with Crippen LogP contribution in [0.1, 0.15) is 25.0 Å². The normalized spacial score (nSPS) is 14.8. The number of carboxylic acid groups (broad SMARTS) is 1. The van der Waals surface area contributed by atoms with Crippen LogP contribution in [-0.2, 0) is 17.5 Å². The van der Waals surface area contributed by atoms with Crippen LogP contribution in [0, 0.1) is 0 Å². The van der Waals surface area contributed by atoms with E-state index < -0.39 is 23.3 Å². The third-order valence-corrected chi connectivity index (χ3v) is 5.15. The number of hydrogen-bond acceptors (Lipinski definition) is 3. The van der Waals surface area contributed by atoms with Crippen molar-refractivity contribution in [2.45, 2.75) is 32.2 Å². The number of carbonyl (C=O) groups is 2. The Labute approximate surface area is 181 Å². The Balaban J connectivity index is 1.68. The summed E-state index contributed by atoms with van der Waals surface area (Å²) in [6, 6.07) is 8.91. The maximum Gasteiger partial charge on any atom is 0.416 e. The lowest BCUT2D eigenvalue weighted by molar-refractivity contribution is -0.152. The summed E-state index contributed by atoms with van der Waals surface area (Å²) in [4.78, 5) is 26.9. The van der Waals surface area contributed by atoms with Gasteiger partial charge in [-0.05, 0) is 55.8 Å². The van der Waals surface area contributed by atoms with Gasteiger partial charge in [0.15, 0.2) is 5.60 Å². The van der Waals surface area contributed by atoms with Crippen molar-refractivity contribution in [3.05, 3.63) is 58.6 Å². The molecule has 2 aromatic carbocycles. The number of amides is 2. The van der Waals surface area contributed by atoms with Gasteiger partial charge in [0, 0.05) is 25.3 Å². The molecule has 0 atom stereocenters. The highest BCUT2D eigenvalue weighted by Gasteiger charge is 2.33. The molecular formula is C21H20ClF3N2O4. The van der Waals surface area contributed by atoms with Crippen LogP contribution < -0.4 is 9.64 Å². The van der Waals surface area contributed by atoms with Crippen molar-refractivity contribution in [2.24, 2.45) is 0 Å². The minimum absolute atomic E-state index is 0.206. The second kappa shape index (κ2) is 8.30. The quantitative estimate of drug-likeness (QED) is 0.661. The molecule has 2 amide bonds. The molecule has 1 heterocycles. The summed E-state index contributed by atoms with van der Waals surface area (Å²) >= 11 is 6.21. The number of urea groups is 1. The van der Waals surface area contributed by atoms with E-state index in [1.54, 1.807) is 17.0 Å². The van der Waals surface area contributed by atoms with Crippen LogP contribution in [0.4, 0.5) is 23.7 Å². The monoisotopic (exact) mass is 456 g/mol. The number of ether oxygens (including phenoxy) is 1. The number of anilines is 1. The standard InChI is InChI=1S/C21H20ClF3N2O4/c1-20(2,18(28)29)31-17-8-3-13(11-16(17)22)12-26-9-10-27(19(26)30)15-6-4-14(5-7-15)21(23,24)25/h3-8,11H,9-10,12H2,1-2H3,(H,28,29). The van der Waals surface area contributed by atoms with Gasteiger partial charge >= 0.3 is 18.2 Å². The van der Waals surface area contributed by atoms with Gasteiger partial charge in [0.1, 0.15) is 5.75 Å². The predicted octanol–water partition coefficient (Wildman–Crippen LogP) is 5.04. The number of carbonyl (C=O) groups excluding carboxylic acids is 1. The van der Waals surface area contributed by atoms with E-state index in [-0.39, 0.29) is 23.3 Å². The summed E-state index contributed by atoms with van der Waals surface area (Å²) in [5, 5.41) is 9.37. The fourth-order valence-electron chi connectivity index (χ4n) is 3.06. The van der Waals surface area contributed by atoms with Crippen LogP contribution >= 0.6 is 11.6 Å². The number of hydrogen-bond donors (Lipinski definition) is 1. The molecule has 0 unspecified atom stereocenters. The van der Waals surface area contributed by atoms with E-state index in [1.807, 2.05) is 0 Å². The van der Waals surface area contributed by atoms with Crippen molar-refractivity contribution in [3.8, 4) is 5.75 Å². The summed E-state index contributed by atoms with van der Waals surface area (Å²) in [5.41, 5.74) is -1.15. The summed E-state index contributed by atoms with van der Waals surface area (Å²) in [7, 11) is 0. The van der Waals surface area contributed by atoms with E-state index in [9.17, 15) is 22.8 Å². The Bertz CT molecular complexity index is 993. The molecule has 166 valence electrons. The molecular weight excluding hydrogens is 437 g/mol. The third kappa shape index (κ3) is 5.04. The average molecular weight is 457 g/mol. The first kappa shape index (κ1) is 22.7. The molecule has 1 aliphatic heterocycles. The van der Waals surface area contributed by atoms with Gasteiger partial charge in [0.2, 0.25) is 0 Å². The second-order valence-corrected chi connectivity index (χ2v) is 7.99. The molecule has 6 nitrogen and oxygen atoms in total. The molecule has 0 radical (unpaired) electrons. The van der Waals surface area contributed by atoms with E-state index in [4.69, 9.17) is 21.4 Å². The first-order valence-electron chi connectivity index (χ1n) is 9.33. The molecule has 0 aliphatic carbocycles. The van der Waals surface area contributed by atoms with Crippen molar-refractivity contribution in [1.29, 1.82) is 0 Å². The van der Waals surface area contributed by atoms with Gasteiger partial charge in [0.05, 0.1) is 10.6 Å². The Morgan fingerprint density at radius 2 is 1.77 bits per heavy atom. The van der Waals surface area contributed by atoms with Gasteiger partial charge in [0.25, 0.3) is 0 Å². The van der Waals surface area contributed by atoms with Crippen molar-refractivity contribution in [2.75, 3.05) is 18.0 Å². The Morgan fingerprint density at radius 3 is 2.32 bits per heavy atom. The zero-order valence-electron chi connectivity index (χ0n) is 16.7. The predicted molar refractivity (Wildman–Crippen MR) is 108 cm³/mol. The fourth-order valence-corrected chi connectivity index (χ4v) is 3.31. The number of carboxylic acids is 1. The zero-order valence-corrected chi connectivity index (χ0v) is 17.5. The van der Waals surface area contributed by atoms with E-state index in [0.29, 0.717) is 24.3 Å². The van der Waals surface area contributed by atoms with Crippen molar-refractivity contribution in [3.63, 3.8) is 0 Å². The molecule has 0 bridgehead atoms. The molecule has 0 aromatic heterocycles. The lowest BCUT2D eigenvalue weighted by Crippen LogP contribution is -2.38. The summed E-state index contributed by atoms with van der Waals surface area (Å²) in [6.07, 6.45) is -4.44. The molecule has 0 spiro atoms. The van der Waals surface area contributed by atoms with Crippen LogP contribution in [-0.4, -0.2) is 40.7 Å². The molecule has 1 fully saturated rings. The maximum absolute atomic E-state index is 12.7. The highest BCUT2D eigenvalue weighted by Crippen LogP contribution is 2.32. The zero-order chi connectivity index (χ0) is 23.0. The molecule has 1 N–H and O–H groups in total. The SMILES string of the molecule is CC(C)(Oc1ccc(CN2CCN(c3ccc(C(F)(F)F)cc3)C2=O)cc1Cl)C(=O)O. The van der Waals surface area contributed by atoms with Gasteiger partial charge in [-0.2, -0.15) is 13.2 Å². The number of nitrogens with zero attached hydrogens (tertiary/aromatic N) is 2. The van der Waals surface area contributed by atoms with Crippen LogP contribution in [0.25, 0.3) is 0 Å². The van der Waals surface area contributed by atoms with Gasteiger partial charge in [-0.15, -0.1) is 0 Å². The van der Waals surface area contributed by atoms with E-state index >= 15 is 0 Å². The van der Waals surface area contributed by atoms with Gasteiger partial charge in [-0.1, -0.05) is 17.7 Å². The minimum Gasteiger partial charge on any atom is -0.478 e. The van der Waals surface area contributed by atoms with E-state index in [2.05, 4.69) is 0 Å². The molecule has 31 heavy (non-hydrogen) atoms. The lowest BCUT2D eigenvalue weighted by Gasteiger charge is -2.23. The van der Waals surface area contributed by atoms with Crippen LogP contribution in [0.3, 0.4) is 0 Å². The molecule has 0 saturated carbocycles. The summed E-state index contributed by atoms with van der Waals surface area (Å²) < 4.78 is 43.6. The topological polar surface area (TPSA) is 70.1 Å².